The Balaban J connectivity index is 1.88. The highest BCUT2D eigenvalue weighted by atomic mass is 35.5. The van der Waals surface area contributed by atoms with E-state index in [0.29, 0.717) is 10.0 Å². The van der Waals surface area contributed by atoms with Gasteiger partial charge in [0.05, 0.1) is 6.61 Å². The van der Waals surface area contributed by atoms with Gasteiger partial charge in [0.25, 0.3) is 0 Å². The molecule has 1 saturated heterocycles. The molecule has 2 fully saturated rings. The molecule has 20 heavy (non-hydrogen) atoms. The van der Waals surface area contributed by atoms with Crippen molar-refractivity contribution in [2.24, 2.45) is 0 Å². The molecule has 1 heterocycles. The fourth-order valence-electron chi connectivity index (χ4n) is 3.13. The summed E-state index contributed by atoms with van der Waals surface area (Å²) in [7, 11) is 0. The van der Waals surface area contributed by atoms with E-state index < -0.39 is 5.79 Å². The summed E-state index contributed by atoms with van der Waals surface area (Å²) >= 11 is 12.2. The Bertz CT molecular complexity index is 486. The number of aliphatic hydroxyl groups is 1. The molecule has 2 unspecified atom stereocenters. The highest BCUT2D eigenvalue weighted by molar-refractivity contribution is 6.35. The summed E-state index contributed by atoms with van der Waals surface area (Å²) < 4.78 is 12.2. The molecule has 1 spiro atoms. The van der Waals surface area contributed by atoms with Crippen molar-refractivity contribution in [3.8, 4) is 0 Å². The first-order valence-electron chi connectivity index (χ1n) is 7.05. The summed E-state index contributed by atoms with van der Waals surface area (Å²) in [5.41, 5.74) is 0.831. The zero-order chi connectivity index (χ0) is 14.2. The molecule has 5 heteroatoms. The van der Waals surface area contributed by atoms with Crippen LogP contribution < -0.4 is 0 Å². The highest BCUT2D eigenvalue weighted by Gasteiger charge is 2.48. The van der Waals surface area contributed by atoms with E-state index in [-0.39, 0.29) is 18.8 Å². The minimum absolute atomic E-state index is 0.0780. The van der Waals surface area contributed by atoms with Gasteiger partial charge in [-0.2, -0.15) is 0 Å². The molecule has 110 valence electrons. The Hall–Kier alpha value is -0.320. The maximum atomic E-state index is 9.58. The minimum Gasteiger partial charge on any atom is -0.394 e. The smallest absolute Gasteiger partial charge is 0.169 e. The summed E-state index contributed by atoms with van der Waals surface area (Å²) in [4.78, 5) is 0. The molecule has 3 rings (SSSR count). The van der Waals surface area contributed by atoms with Gasteiger partial charge in [-0.1, -0.05) is 35.7 Å². The molecule has 1 N–H and O–H groups in total. The summed E-state index contributed by atoms with van der Waals surface area (Å²) in [5.74, 6) is -0.542. The molecule has 0 amide bonds. The molecule has 2 atom stereocenters. The van der Waals surface area contributed by atoms with Crippen molar-refractivity contribution in [1.82, 2.24) is 0 Å². The van der Waals surface area contributed by atoms with Gasteiger partial charge in [0.2, 0.25) is 0 Å². The SMILES string of the molecule is OCC1OC2(CCCCC2)OC1c1ccc(Cl)cc1Cl. The lowest BCUT2D eigenvalue weighted by Gasteiger charge is -2.32. The molecular formula is C15H18Cl2O3. The van der Waals surface area contributed by atoms with E-state index in [4.69, 9.17) is 32.7 Å². The number of rotatable bonds is 2. The fourth-order valence-corrected chi connectivity index (χ4v) is 3.64. The van der Waals surface area contributed by atoms with Crippen LogP contribution in [0.4, 0.5) is 0 Å². The lowest BCUT2D eigenvalue weighted by Crippen LogP contribution is -2.33. The summed E-state index contributed by atoms with van der Waals surface area (Å²) in [6.45, 7) is -0.0780. The van der Waals surface area contributed by atoms with Gasteiger partial charge in [0.15, 0.2) is 5.79 Å². The van der Waals surface area contributed by atoms with Crippen molar-refractivity contribution in [1.29, 1.82) is 0 Å². The predicted octanol–water partition coefficient (Wildman–Crippen LogP) is 4.10. The van der Waals surface area contributed by atoms with E-state index in [9.17, 15) is 5.11 Å². The van der Waals surface area contributed by atoms with Crippen LogP contribution in [0.3, 0.4) is 0 Å². The minimum atomic E-state index is -0.542. The van der Waals surface area contributed by atoms with Crippen molar-refractivity contribution in [3.63, 3.8) is 0 Å². The van der Waals surface area contributed by atoms with Gasteiger partial charge in [-0.3, -0.25) is 0 Å². The molecule has 3 nitrogen and oxygen atoms in total. The van der Waals surface area contributed by atoms with Gasteiger partial charge in [0, 0.05) is 28.5 Å². The van der Waals surface area contributed by atoms with Crippen LogP contribution in [0.25, 0.3) is 0 Å². The topological polar surface area (TPSA) is 38.7 Å². The average Bonchev–Trinajstić information content (AvgIpc) is 2.78. The van der Waals surface area contributed by atoms with Crippen molar-refractivity contribution < 1.29 is 14.6 Å². The van der Waals surface area contributed by atoms with Crippen molar-refractivity contribution >= 4 is 23.2 Å². The summed E-state index contributed by atoms with van der Waals surface area (Å²) in [5, 5.41) is 10.7. The zero-order valence-electron chi connectivity index (χ0n) is 11.1. The Morgan fingerprint density at radius 1 is 1.15 bits per heavy atom. The van der Waals surface area contributed by atoms with Crippen molar-refractivity contribution in [3.05, 3.63) is 33.8 Å². The number of hydrogen-bond donors (Lipinski definition) is 1. The molecule has 1 aliphatic heterocycles. The van der Waals surface area contributed by atoms with E-state index >= 15 is 0 Å². The molecule has 0 radical (unpaired) electrons. The Kier molecular flexibility index (Phi) is 4.25. The van der Waals surface area contributed by atoms with Crippen LogP contribution in [-0.4, -0.2) is 23.6 Å². The lowest BCUT2D eigenvalue weighted by atomic mass is 9.94. The van der Waals surface area contributed by atoms with Gasteiger partial charge in [-0.25, -0.2) is 0 Å². The van der Waals surface area contributed by atoms with Crippen molar-refractivity contribution in [2.45, 2.75) is 50.1 Å². The van der Waals surface area contributed by atoms with Crippen LogP contribution >= 0.6 is 23.2 Å². The van der Waals surface area contributed by atoms with Gasteiger partial charge < -0.3 is 14.6 Å². The molecule has 1 aliphatic carbocycles. The van der Waals surface area contributed by atoms with Gasteiger partial charge in [0.1, 0.15) is 12.2 Å². The normalized spacial score (nSPS) is 28.9. The van der Waals surface area contributed by atoms with Crippen LogP contribution in [0.1, 0.15) is 43.8 Å². The maximum absolute atomic E-state index is 9.58. The molecule has 2 aliphatic rings. The van der Waals surface area contributed by atoms with Gasteiger partial charge in [-0.05, 0) is 25.0 Å². The summed E-state index contributed by atoms with van der Waals surface area (Å²) in [6.07, 6.45) is 4.47. The van der Waals surface area contributed by atoms with E-state index in [1.54, 1.807) is 12.1 Å². The number of halogens is 2. The predicted molar refractivity (Wildman–Crippen MR) is 78.1 cm³/mol. The zero-order valence-corrected chi connectivity index (χ0v) is 12.7. The largest absolute Gasteiger partial charge is 0.394 e. The van der Waals surface area contributed by atoms with E-state index in [2.05, 4.69) is 0 Å². The fraction of sp³-hybridized carbons (Fsp3) is 0.600. The molecule has 0 aromatic heterocycles. The first kappa shape index (κ1) is 14.6. The monoisotopic (exact) mass is 316 g/mol. The second-order valence-electron chi connectivity index (χ2n) is 5.51. The third-order valence-corrected chi connectivity index (χ3v) is 4.67. The first-order valence-corrected chi connectivity index (χ1v) is 7.81. The molecule has 1 aromatic carbocycles. The Morgan fingerprint density at radius 2 is 1.90 bits per heavy atom. The lowest BCUT2D eigenvalue weighted by molar-refractivity contribution is -0.196. The van der Waals surface area contributed by atoms with Crippen LogP contribution in [0, 0.1) is 0 Å². The standard InChI is InChI=1S/C15H18Cl2O3/c16-10-4-5-11(12(17)8-10)14-13(9-18)19-15(20-14)6-2-1-3-7-15/h4-5,8,13-14,18H,1-3,6-7,9H2. The molecular weight excluding hydrogens is 299 g/mol. The molecule has 0 bridgehead atoms. The quantitative estimate of drug-likeness (QED) is 0.892. The van der Waals surface area contributed by atoms with Crippen LogP contribution in [0.5, 0.6) is 0 Å². The van der Waals surface area contributed by atoms with E-state index in [1.807, 2.05) is 6.07 Å². The van der Waals surface area contributed by atoms with Gasteiger partial charge in [-0.15, -0.1) is 0 Å². The Morgan fingerprint density at radius 3 is 2.55 bits per heavy atom. The number of benzene rings is 1. The average molecular weight is 317 g/mol. The van der Waals surface area contributed by atoms with Crippen LogP contribution in [-0.2, 0) is 9.47 Å². The van der Waals surface area contributed by atoms with Crippen LogP contribution in [0.2, 0.25) is 10.0 Å². The number of aliphatic hydroxyl groups excluding tert-OH is 1. The molecule has 1 saturated carbocycles. The van der Waals surface area contributed by atoms with Crippen molar-refractivity contribution in [2.75, 3.05) is 6.61 Å². The first-order chi connectivity index (χ1) is 9.63. The number of ether oxygens (including phenoxy) is 2. The third kappa shape index (κ3) is 2.70. The number of hydrogen-bond acceptors (Lipinski definition) is 3. The van der Waals surface area contributed by atoms with E-state index in [0.717, 1.165) is 31.2 Å². The van der Waals surface area contributed by atoms with E-state index in [1.165, 1.54) is 6.42 Å². The van der Waals surface area contributed by atoms with Gasteiger partial charge >= 0.3 is 0 Å². The highest BCUT2D eigenvalue weighted by Crippen LogP contribution is 2.47. The second kappa shape index (κ2) is 5.82. The van der Waals surface area contributed by atoms with Crippen LogP contribution in [0.15, 0.2) is 18.2 Å². The summed E-state index contributed by atoms with van der Waals surface area (Å²) in [6, 6.07) is 5.33. The third-order valence-electron chi connectivity index (χ3n) is 4.11. The Labute approximate surface area is 128 Å². The molecule has 1 aromatic rings. The second-order valence-corrected chi connectivity index (χ2v) is 6.36. The maximum Gasteiger partial charge on any atom is 0.169 e.